The Bertz CT molecular complexity index is 282. The predicted molar refractivity (Wildman–Crippen MR) is 57.1 cm³/mol. The SMILES string of the molecule is Cc1ccc(S)cc1C(C)(C)C. The first-order chi connectivity index (χ1) is 5.41. The van der Waals surface area contributed by atoms with Gasteiger partial charge in [0.25, 0.3) is 0 Å². The lowest BCUT2D eigenvalue weighted by Crippen LogP contribution is -2.12. The third-order valence-electron chi connectivity index (χ3n) is 2.03. The smallest absolute Gasteiger partial charge is 0.00431 e. The maximum Gasteiger partial charge on any atom is 0.00431 e. The molecule has 1 aromatic carbocycles. The third kappa shape index (κ3) is 2.04. The van der Waals surface area contributed by atoms with Crippen molar-refractivity contribution in [3.05, 3.63) is 29.3 Å². The first kappa shape index (κ1) is 9.66. The molecular weight excluding hydrogens is 164 g/mol. The van der Waals surface area contributed by atoms with Crippen LogP contribution in [-0.2, 0) is 5.41 Å². The van der Waals surface area contributed by atoms with Crippen molar-refractivity contribution in [2.75, 3.05) is 0 Å². The summed E-state index contributed by atoms with van der Waals surface area (Å²) < 4.78 is 0. The average molecular weight is 180 g/mol. The summed E-state index contributed by atoms with van der Waals surface area (Å²) in [5.74, 6) is 0. The van der Waals surface area contributed by atoms with E-state index in [1.165, 1.54) is 11.1 Å². The summed E-state index contributed by atoms with van der Waals surface area (Å²) in [5, 5.41) is 0. The Labute approximate surface area is 80.4 Å². The summed E-state index contributed by atoms with van der Waals surface area (Å²) in [4.78, 5) is 1.05. The second kappa shape index (κ2) is 3.14. The molecule has 1 rings (SSSR count). The Kier molecular flexibility index (Phi) is 2.52. The first-order valence-corrected chi connectivity index (χ1v) is 4.66. The van der Waals surface area contributed by atoms with E-state index in [0.29, 0.717) is 0 Å². The minimum absolute atomic E-state index is 0.225. The molecule has 0 aromatic heterocycles. The molecule has 0 aliphatic rings. The zero-order valence-electron chi connectivity index (χ0n) is 8.18. The Hall–Kier alpha value is -0.430. The Morgan fingerprint density at radius 1 is 1.17 bits per heavy atom. The summed E-state index contributed by atoms with van der Waals surface area (Å²) in [6, 6.07) is 6.31. The molecule has 0 atom stereocenters. The van der Waals surface area contributed by atoms with Gasteiger partial charge in [0.1, 0.15) is 0 Å². The topological polar surface area (TPSA) is 0 Å². The molecule has 0 radical (unpaired) electrons. The molecule has 0 saturated carbocycles. The Balaban J connectivity index is 3.23. The van der Waals surface area contributed by atoms with E-state index in [1.807, 2.05) is 6.07 Å². The molecule has 12 heavy (non-hydrogen) atoms. The van der Waals surface area contributed by atoms with E-state index in [0.717, 1.165) is 4.90 Å². The molecule has 0 fully saturated rings. The van der Waals surface area contributed by atoms with E-state index in [4.69, 9.17) is 0 Å². The van der Waals surface area contributed by atoms with E-state index in [2.05, 4.69) is 52.5 Å². The predicted octanol–water partition coefficient (Wildman–Crippen LogP) is 3.58. The maximum absolute atomic E-state index is 4.33. The zero-order chi connectivity index (χ0) is 9.35. The van der Waals surface area contributed by atoms with Crippen LogP contribution < -0.4 is 0 Å². The minimum Gasteiger partial charge on any atom is -0.143 e. The molecule has 1 heteroatoms. The molecule has 0 nitrogen and oxygen atoms in total. The molecular formula is C11H16S. The van der Waals surface area contributed by atoms with Gasteiger partial charge >= 0.3 is 0 Å². The summed E-state index contributed by atoms with van der Waals surface area (Å²) >= 11 is 4.33. The second-order valence-corrected chi connectivity index (χ2v) is 4.77. The number of rotatable bonds is 0. The molecule has 0 bridgehead atoms. The molecule has 1 aromatic rings. The number of thiol groups is 1. The van der Waals surface area contributed by atoms with Gasteiger partial charge in [-0.3, -0.25) is 0 Å². The summed E-state index contributed by atoms with van der Waals surface area (Å²) in [6.07, 6.45) is 0. The van der Waals surface area contributed by atoms with Crippen molar-refractivity contribution in [1.29, 1.82) is 0 Å². The lowest BCUT2D eigenvalue weighted by Gasteiger charge is -2.21. The van der Waals surface area contributed by atoms with Gasteiger partial charge in [-0.25, -0.2) is 0 Å². The van der Waals surface area contributed by atoms with E-state index in [-0.39, 0.29) is 5.41 Å². The quantitative estimate of drug-likeness (QED) is 0.580. The van der Waals surface area contributed by atoms with Crippen molar-refractivity contribution in [2.45, 2.75) is 38.0 Å². The molecule has 0 N–H and O–H groups in total. The van der Waals surface area contributed by atoms with Gasteiger partial charge in [0.2, 0.25) is 0 Å². The second-order valence-electron chi connectivity index (χ2n) is 4.25. The van der Waals surface area contributed by atoms with Crippen molar-refractivity contribution in [3.63, 3.8) is 0 Å². The third-order valence-corrected chi connectivity index (χ3v) is 2.31. The standard InChI is InChI=1S/C11H16S/c1-8-5-6-9(12)7-10(8)11(2,3)4/h5-7,12H,1-4H3. The largest absolute Gasteiger partial charge is 0.143 e. The van der Waals surface area contributed by atoms with Crippen molar-refractivity contribution < 1.29 is 0 Å². The summed E-state index contributed by atoms with van der Waals surface area (Å²) in [5.41, 5.74) is 2.96. The fourth-order valence-corrected chi connectivity index (χ4v) is 1.62. The summed E-state index contributed by atoms with van der Waals surface area (Å²) in [7, 11) is 0. The molecule has 0 amide bonds. The van der Waals surface area contributed by atoms with Gasteiger partial charge in [-0.1, -0.05) is 26.8 Å². The highest BCUT2D eigenvalue weighted by molar-refractivity contribution is 7.80. The van der Waals surface area contributed by atoms with E-state index in [9.17, 15) is 0 Å². The van der Waals surface area contributed by atoms with Gasteiger partial charge in [0.15, 0.2) is 0 Å². The fraction of sp³-hybridized carbons (Fsp3) is 0.455. The van der Waals surface area contributed by atoms with Gasteiger partial charge in [-0.2, -0.15) is 0 Å². The highest BCUT2D eigenvalue weighted by Crippen LogP contribution is 2.27. The van der Waals surface area contributed by atoms with Crippen LogP contribution >= 0.6 is 12.6 Å². The van der Waals surface area contributed by atoms with E-state index < -0.39 is 0 Å². The van der Waals surface area contributed by atoms with Crippen LogP contribution in [0.2, 0.25) is 0 Å². The number of benzene rings is 1. The van der Waals surface area contributed by atoms with E-state index in [1.54, 1.807) is 0 Å². The highest BCUT2D eigenvalue weighted by atomic mass is 32.1. The van der Waals surface area contributed by atoms with Crippen molar-refractivity contribution in [1.82, 2.24) is 0 Å². The fourth-order valence-electron chi connectivity index (χ4n) is 1.42. The van der Waals surface area contributed by atoms with Gasteiger partial charge in [-0.05, 0) is 35.6 Å². The van der Waals surface area contributed by atoms with Crippen LogP contribution in [0.25, 0.3) is 0 Å². The van der Waals surface area contributed by atoms with Gasteiger partial charge in [-0.15, -0.1) is 12.6 Å². The lowest BCUT2D eigenvalue weighted by atomic mass is 9.84. The number of aryl methyl sites for hydroxylation is 1. The van der Waals surface area contributed by atoms with E-state index >= 15 is 0 Å². The Morgan fingerprint density at radius 3 is 2.17 bits per heavy atom. The molecule has 0 spiro atoms. The minimum atomic E-state index is 0.225. The first-order valence-electron chi connectivity index (χ1n) is 4.21. The summed E-state index contributed by atoms with van der Waals surface area (Å²) in [6.45, 7) is 8.82. The van der Waals surface area contributed by atoms with Crippen molar-refractivity contribution in [3.8, 4) is 0 Å². The van der Waals surface area contributed by atoms with Crippen LogP contribution in [0.15, 0.2) is 23.1 Å². The average Bonchev–Trinajstić information content (AvgIpc) is 1.92. The molecule has 0 unspecified atom stereocenters. The number of hydrogen-bond donors (Lipinski definition) is 1. The van der Waals surface area contributed by atoms with Gasteiger partial charge in [0.05, 0.1) is 0 Å². The molecule has 0 aliphatic carbocycles. The Morgan fingerprint density at radius 2 is 1.75 bits per heavy atom. The lowest BCUT2D eigenvalue weighted by molar-refractivity contribution is 0.584. The van der Waals surface area contributed by atoms with Crippen LogP contribution in [0.5, 0.6) is 0 Å². The van der Waals surface area contributed by atoms with Crippen LogP contribution in [0, 0.1) is 6.92 Å². The van der Waals surface area contributed by atoms with Gasteiger partial charge < -0.3 is 0 Å². The maximum atomic E-state index is 4.33. The monoisotopic (exact) mass is 180 g/mol. The molecule has 0 aliphatic heterocycles. The van der Waals surface area contributed by atoms with Crippen molar-refractivity contribution >= 4 is 12.6 Å². The zero-order valence-corrected chi connectivity index (χ0v) is 9.07. The van der Waals surface area contributed by atoms with Gasteiger partial charge in [0, 0.05) is 4.90 Å². The number of hydrogen-bond acceptors (Lipinski definition) is 1. The normalized spacial score (nSPS) is 11.8. The molecule has 0 heterocycles. The van der Waals surface area contributed by atoms with Crippen molar-refractivity contribution in [2.24, 2.45) is 0 Å². The van der Waals surface area contributed by atoms with Crippen LogP contribution in [0.1, 0.15) is 31.9 Å². The molecule has 66 valence electrons. The highest BCUT2D eigenvalue weighted by Gasteiger charge is 2.15. The van der Waals surface area contributed by atoms with Crippen LogP contribution in [0.3, 0.4) is 0 Å². The molecule has 0 saturated heterocycles. The van der Waals surface area contributed by atoms with Crippen LogP contribution in [-0.4, -0.2) is 0 Å². The van der Waals surface area contributed by atoms with Crippen LogP contribution in [0.4, 0.5) is 0 Å².